The highest BCUT2D eigenvalue weighted by molar-refractivity contribution is 5.65. The average Bonchev–Trinajstić information content (AvgIpc) is 2.92. The number of rotatable bonds is 4. The number of nitrogens with one attached hydrogen (secondary N) is 2. The zero-order valence-electron chi connectivity index (χ0n) is 20.1. The summed E-state index contributed by atoms with van der Waals surface area (Å²) < 4.78 is 12.2. The third-order valence-electron chi connectivity index (χ3n) is 7.28. The predicted molar refractivity (Wildman–Crippen MR) is 142 cm³/mol. The van der Waals surface area contributed by atoms with Gasteiger partial charge in [-0.1, -0.05) is 86.6 Å². The lowest BCUT2D eigenvalue weighted by molar-refractivity contribution is 0.286. The van der Waals surface area contributed by atoms with E-state index in [1.165, 1.54) is 22.3 Å². The van der Waals surface area contributed by atoms with E-state index in [9.17, 15) is 0 Å². The molecule has 4 nitrogen and oxygen atoms in total. The van der Waals surface area contributed by atoms with Crippen molar-refractivity contribution < 1.29 is 9.47 Å². The highest BCUT2D eigenvalue weighted by Crippen LogP contribution is 2.42. The van der Waals surface area contributed by atoms with Gasteiger partial charge in [-0.25, -0.2) is 0 Å². The van der Waals surface area contributed by atoms with Crippen LogP contribution < -0.4 is 20.1 Å². The molecular weight excluding hydrogens is 432 g/mol. The van der Waals surface area contributed by atoms with E-state index in [0.717, 1.165) is 22.9 Å². The molecule has 2 atom stereocenters. The molecule has 0 amide bonds. The molecule has 4 heteroatoms. The Kier molecular flexibility index (Phi) is 5.37. The molecule has 2 aliphatic rings. The second-order valence-corrected chi connectivity index (χ2v) is 9.88. The molecule has 0 radical (unpaired) electrons. The summed E-state index contributed by atoms with van der Waals surface area (Å²) in [6.07, 6.45) is 0. The number of hydrogen-bond acceptors (Lipinski definition) is 4. The van der Waals surface area contributed by atoms with Gasteiger partial charge in [-0.3, -0.25) is 0 Å². The Labute approximate surface area is 206 Å². The molecule has 35 heavy (non-hydrogen) atoms. The number of fused-ring (bicyclic) bond motifs is 2. The van der Waals surface area contributed by atoms with Crippen molar-refractivity contribution in [2.24, 2.45) is 0 Å². The summed E-state index contributed by atoms with van der Waals surface area (Å²) in [4.78, 5) is 0. The number of anilines is 2. The Morgan fingerprint density at radius 3 is 1.46 bits per heavy atom. The fourth-order valence-corrected chi connectivity index (χ4v) is 5.02. The first kappa shape index (κ1) is 21.6. The topological polar surface area (TPSA) is 42.5 Å². The minimum Gasteiger partial charge on any atom is -0.489 e. The summed E-state index contributed by atoms with van der Waals surface area (Å²) in [7, 11) is 0. The van der Waals surface area contributed by atoms with Crippen LogP contribution in [0.2, 0.25) is 0 Å². The van der Waals surface area contributed by atoms with Crippen molar-refractivity contribution in [2.45, 2.75) is 31.3 Å². The van der Waals surface area contributed by atoms with E-state index in [2.05, 4.69) is 109 Å². The second-order valence-electron chi connectivity index (χ2n) is 9.88. The molecule has 0 fully saturated rings. The highest BCUT2D eigenvalue weighted by atomic mass is 16.5. The molecule has 4 aromatic carbocycles. The lowest BCUT2D eigenvalue weighted by Crippen LogP contribution is -2.26. The largest absolute Gasteiger partial charge is 0.489 e. The maximum Gasteiger partial charge on any atom is 0.142 e. The highest BCUT2D eigenvalue weighted by Gasteiger charge is 2.29. The van der Waals surface area contributed by atoms with E-state index >= 15 is 0 Å². The van der Waals surface area contributed by atoms with Crippen LogP contribution in [0.4, 0.5) is 11.4 Å². The van der Waals surface area contributed by atoms with E-state index < -0.39 is 0 Å². The van der Waals surface area contributed by atoms with Crippen LogP contribution in [-0.2, 0) is 5.41 Å². The molecule has 2 aliphatic heterocycles. The minimum atomic E-state index is -0.202. The standard InChI is InChI=1S/C31H30N2O2/c1-31(2,23-13-15-29-25(17-23)32-27(19-34-29)21-9-5-3-6-10-21)24-14-16-30-26(18-24)33-28(20-35-30)22-11-7-4-8-12-22/h3-18,27-28,32-33H,19-20H2,1-2H3. The summed E-state index contributed by atoms with van der Waals surface area (Å²) >= 11 is 0. The first-order chi connectivity index (χ1) is 17.1. The molecule has 4 aromatic rings. The van der Waals surface area contributed by atoms with Crippen molar-refractivity contribution in [3.8, 4) is 11.5 Å². The molecule has 176 valence electrons. The second kappa shape index (κ2) is 8.70. The zero-order chi connectivity index (χ0) is 23.8. The molecular formula is C31H30N2O2. The normalized spacial score (nSPS) is 18.7. The maximum atomic E-state index is 6.10. The molecule has 0 spiro atoms. The van der Waals surface area contributed by atoms with Crippen LogP contribution in [0, 0.1) is 0 Å². The van der Waals surface area contributed by atoms with Crippen molar-refractivity contribution in [3.05, 3.63) is 119 Å². The van der Waals surface area contributed by atoms with Crippen LogP contribution >= 0.6 is 0 Å². The third-order valence-corrected chi connectivity index (χ3v) is 7.28. The van der Waals surface area contributed by atoms with Gasteiger partial charge in [0.2, 0.25) is 0 Å². The number of hydrogen-bond donors (Lipinski definition) is 2. The Balaban J connectivity index is 1.28. The molecule has 0 aromatic heterocycles. The van der Waals surface area contributed by atoms with Gasteiger partial charge in [0.1, 0.15) is 24.7 Å². The fourth-order valence-electron chi connectivity index (χ4n) is 5.02. The van der Waals surface area contributed by atoms with Gasteiger partial charge in [0.25, 0.3) is 0 Å². The van der Waals surface area contributed by atoms with Crippen LogP contribution in [-0.4, -0.2) is 13.2 Å². The predicted octanol–water partition coefficient (Wildman–Crippen LogP) is 7.10. The van der Waals surface area contributed by atoms with E-state index in [-0.39, 0.29) is 17.5 Å². The van der Waals surface area contributed by atoms with Crippen molar-refractivity contribution in [1.82, 2.24) is 0 Å². The van der Waals surface area contributed by atoms with Gasteiger partial charge >= 0.3 is 0 Å². The monoisotopic (exact) mass is 462 g/mol. The van der Waals surface area contributed by atoms with E-state index in [0.29, 0.717) is 13.2 Å². The summed E-state index contributed by atoms with van der Waals surface area (Å²) in [6.45, 7) is 5.79. The molecule has 2 unspecified atom stereocenters. The molecule has 2 heterocycles. The molecule has 0 saturated heterocycles. The van der Waals surface area contributed by atoms with Gasteiger partial charge in [0.15, 0.2) is 0 Å². The first-order valence-corrected chi connectivity index (χ1v) is 12.3. The van der Waals surface area contributed by atoms with Gasteiger partial charge in [-0.05, 0) is 46.5 Å². The Morgan fingerprint density at radius 2 is 1.03 bits per heavy atom. The van der Waals surface area contributed by atoms with Gasteiger partial charge < -0.3 is 20.1 Å². The van der Waals surface area contributed by atoms with E-state index in [1.54, 1.807) is 0 Å². The summed E-state index contributed by atoms with van der Waals surface area (Å²) in [5.41, 5.74) is 6.81. The quantitative estimate of drug-likeness (QED) is 0.339. The smallest absolute Gasteiger partial charge is 0.142 e. The van der Waals surface area contributed by atoms with Crippen molar-refractivity contribution in [2.75, 3.05) is 23.8 Å². The SMILES string of the molecule is CC(C)(c1ccc2c(c1)NC(c1ccccc1)CO2)c1ccc2c(c1)NC(c1ccccc1)CO2. The Morgan fingerprint density at radius 1 is 0.600 bits per heavy atom. The summed E-state index contributed by atoms with van der Waals surface area (Å²) in [5, 5.41) is 7.39. The molecule has 0 saturated carbocycles. The van der Waals surface area contributed by atoms with Gasteiger partial charge in [0.05, 0.1) is 23.5 Å². The van der Waals surface area contributed by atoms with Crippen LogP contribution in [0.5, 0.6) is 11.5 Å². The van der Waals surface area contributed by atoms with Crippen LogP contribution in [0.25, 0.3) is 0 Å². The lowest BCUT2D eigenvalue weighted by atomic mass is 9.77. The summed E-state index contributed by atoms with van der Waals surface area (Å²) in [6, 6.07) is 34.2. The Bertz CT molecular complexity index is 1230. The average molecular weight is 463 g/mol. The van der Waals surface area contributed by atoms with E-state index in [1.807, 2.05) is 12.1 Å². The Hall–Kier alpha value is -3.92. The summed E-state index contributed by atoms with van der Waals surface area (Å²) in [5.74, 6) is 1.81. The van der Waals surface area contributed by atoms with Crippen LogP contribution in [0.15, 0.2) is 97.1 Å². The molecule has 6 rings (SSSR count). The van der Waals surface area contributed by atoms with Crippen molar-refractivity contribution in [1.29, 1.82) is 0 Å². The van der Waals surface area contributed by atoms with Crippen molar-refractivity contribution >= 4 is 11.4 Å². The first-order valence-electron chi connectivity index (χ1n) is 12.3. The van der Waals surface area contributed by atoms with Gasteiger partial charge in [0, 0.05) is 5.41 Å². The number of benzene rings is 4. The van der Waals surface area contributed by atoms with Gasteiger partial charge in [-0.2, -0.15) is 0 Å². The molecule has 0 aliphatic carbocycles. The maximum absolute atomic E-state index is 6.10. The molecule has 2 N–H and O–H groups in total. The lowest BCUT2D eigenvalue weighted by Gasteiger charge is -2.33. The van der Waals surface area contributed by atoms with Crippen LogP contribution in [0.1, 0.15) is 48.2 Å². The van der Waals surface area contributed by atoms with Crippen LogP contribution in [0.3, 0.4) is 0 Å². The minimum absolute atomic E-state index is 0.141. The fraction of sp³-hybridized carbons (Fsp3) is 0.226. The zero-order valence-corrected chi connectivity index (χ0v) is 20.1. The third kappa shape index (κ3) is 4.10. The number of ether oxygens (including phenoxy) is 2. The van der Waals surface area contributed by atoms with Crippen molar-refractivity contribution in [3.63, 3.8) is 0 Å². The van der Waals surface area contributed by atoms with E-state index in [4.69, 9.17) is 9.47 Å². The van der Waals surface area contributed by atoms with Gasteiger partial charge in [-0.15, -0.1) is 0 Å². The molecule has 0 bridgehead atoms.